The second-order valence-electron chi connectivity index (χ2n) is 3.99. The molecule has 18 heavy (non-hydrogen) atoms. The molecule has 0 aliphatic carbocycles. The summed E-state index contributed by atoms with van der Waals surface area (Å²) in [4.78, 5) is 11.4. The van der Waals surface area contributed by atoms with Gasteiger partial charge in [0, 0.05) is 5.57 Å². The number of primary amides is 1. The molecule has 0 aromatic rings. The Labute approximate surface area is 109 Å². The van der Waals surface area contributed by atoms with Crippen LogP contribution in [0.4, 0.5) is 0 Å². The molecule has 3 heteroatoms. The van der Waals surface area contributed by atoms with Crippen molar-refractivity contribution >= 4 is 5.91 Å². The van der Waals surface area contributed by atoms with Crippen molar-refractivity contribution in [2.75, 3.05) is 0 Å². The number of hydrogen-bond acceptors (Lipinski definition) is 2. The van der Waals surface area contributed by atoms with E-state index in [4.69, 9.17) is 11.0 Å². The molecule has 0 rings (SSSR count). The lowest BCUT2D eigenvalue weighted by Crippen LogP contribution is -2.15. The number of amides is 1. The maximum Gasteiger partial charge on any atom is 0.248 e. The Morgan fingerprint density at radius 2 is 2.17 bits per heavy atom. The van der Waals surface area contributed by atoms with Crippen LogP contribution in [0.5, 0.6) is 0 Å². The molecular formula is C15H20N2O. The fourth-order valence-corrected chi connectivity index (χ4v) is 1.40. The van der Waals surface area contributed by atoms with Crippen LogP contribution in [-0.4, -0.2) is 5.91 Å². The van der Waals surface area contributed by atoms with Crippen molar-refractivity contribution in [3.8, 4) is 6.07 Å². The van der Waals surface area contributed by atoms with E-state index >= 15 is 0 Å². The molecule has 0 heterocycles. The summed E-state index contributed by atoms with van der Waals surface area (Å²) in [6, 6.07) is 2.01. The van der Waals surface area contributed by atoms with E-state index < -0.39 is 5.91 Å². The minimum absolute atomic E-state index is 0.301. The van der Waals surface area contributed by atoms with E-state index in [0.29, 0.717) is 22.6 Å². The van der Waals surface area contributed by atoms with Crippen LogP contribution in [0.1, 0.15) is 27.2 Å². The van der Waals surface area contributed by atoms with Gasteiger partial charge in [0.25, 0.3) is 0 Å². The monoisotopic (exact) mass is 244 g/mol. The lowest BCUT2D eigenvalue weighted by molar-refractivity contribution is -0.114. The van der Waals surface area contributed by atoms with E-state index in [0.717, 1.165) is 6.42 Å². The third-order valence-corrected chi connectivity index (χ3v) is 2.63. The van der Waals surface area contributed by atoms with Gasteiger partial charge in [0.05, 0.1) is 11.6 Å². The van der Waals surface area contributed by atoms with Crippen LogP contribution in [0.2, 0.25) is 0 Å². The van der Waals surface area contributed by atoms with Gasteiger partial charge in [-0.05, 0) is 24.5 Å². The quantitative estimate of drug-likeness (QED) is 0.443. The van der Waals surface area contributed by atoms with Gasteiger partial charge < -0.3 is 5.73 Å². The van der Waals surface area contributed by atoms with Crippen molar-refractivity contribution in [3.05, 3.63) is 47.6 Å². The Hall–Kier alpha value is -2.08. The smallest absolute Gasteiger partial charge is 0.248 e. The van der Waals surface area contributed by atoms with Crippen molar-refractivity contribution in [3.63, 3.8) is 0 Å². The summed E-state index contributed by atoms with van der Waals surface area (Å²) in [5.74, 6) is -0.194. The van der Waals surface area contributed by atoms with Crippen molar-refractivity contribution in [1.82, 2.24) is 0 Å². The fraction of sp³-hybridized carbons (Fsp3) is 0.333. The first kappa shape index (κ1) is 15.9. The van der Waals surface area contributed by atoms with E-state index in [1.54, 1.807) is 19.1 Å². The minimum atomic E-state index is -0.496. The van der Waals surface area contributed by atoms with Crippen LogP contribution in [-0.2, 0) is 4.79 Å². The highest BCUT2D eigenvalue weighted by Gasteiger charge is 2.10. The maximum absolute atomic E-state index is 11.4. The third-order valence-electron chi connectivity index (χ3n) is 2.63. The highest BCUT2D eigenvalue weighted by molar-refractivity contribution is 5.97. The zero-order chi connectivity index (χ0) is 14.1. The normalized spacial score (nSPS) is 14.9. The summed E-state index contributed by atoms with van der Waals surface area (Å²) in [5, 5.41) is 8.91. The SMILES string of the molecule is C=C\C(C#N)=C/C(=C\C(C)CC)C(=C\C)/C(N)=O. The predicted molar refractivity (Wildman–Crippen MR) is 74.4 cm³/mol. The number of nitrogens with two attached hydrogens (primary N) is 1. The average molecular weight is 244 g/mol. The topological polar surface area (TPSA) is 66.9 Å². The molecule has 0 saturated carbocycles. The van der Waals surface area contributed by atoms with Crippen LogP contribution >= 0.6 is 0 Å². The zero-order valence-electron chi connectivity index (χ0n) is 11.2. The van der Waals surface area contributed by atoms with Gasteiger partial charge in [0.2, 0.25) is 5.91 Å². The Balaban J connectivity index is 5.67. The molecule has 0 aliphatic heterocycles. The first-order valence-electron chi connectivity index (χ1n) is 5.92. The van der Waals surface area contributed by atoms with Gasteiger partial charge >= 0.3 is 0 Å². The number of hydrogen-bond donors (Lipinski definition) is 1. The van der Waals surface area contributed by atoms with Gasteiger partial charge in [-0.25, -0.2) is 0 Å². The van der Waals surface area contributed by atoms with Gasteiger partial charge in [-0.15, -0.1) is 0 Å². The fourth-order valence-electron chi connectivity index (χ4n) is 1.40. The van der Waals surface area contributed by atoms with Gasteiger partial charge in [0.15, 0.2) is 0 Å². The number of carbonyl (C=O) groups excluding carboxylic acids is 1. The maximum atomic E-state index is 11.4. The van der Waals surface area contributed by atoms with Crippen LogP contribution < -0.4 is 5.73 Å². The Bertz CT molecular complexity index is 448. The molecule has 0 aromatic heterocycles. The lowest BCUT2D eigenvalue weighted by Gasteiger charge is -2.08. The number of carbonyl (C=O) groups is 1. The van der Waals surface area contributed by atoms with Crippen LogP contribution in [0, 0.1) is 17.2 Å². The number of nitrogens with zero attached hydrogens (tertiary/aromatic N) is 1. The summed E-state index contributed by atoms with van der Waals surface area (Å²) in [6.07, 6.45) is 7.65. The molecule has 0 fully saturated rings. The third kappa shape index (κ3) is 4.84. The molecule has 96 valence electrons. The van der Waals surface area contributed by atoms with Crippen molar-refractivity contribution in [2.45, 2.75) is 27.2 Å². The predicted octanol–water partition coefficient (Wildman–Crippen LogP) is 3.03. The summed E-state index contributed by atoms with van der Waals surface area (Å²) >= 11 is 0. The van der Waals surface area contributed by atoms with Gasteiger partial charge in [-0.1, -0.05) is 45.1 Å². The molecule has 1 atom stereocenters. The molecule has 0 radical (unpaired) electrons. The molecule has 2 N–H and O–H groups in total. The zero-order valence-corrected chi connectivity index (χ0v) is 11.2. The first-order chi connectivity index (χ1) is 8.49. The Morgan fingerprint density at radius 1 is 1.56 bits per heavy atom. The van der Waals surface area contributed by atoms with E-state index in [1.807, 2.05) is 19.1 Å². The van der Waals surface area contributed by atoms with Crippen molar-refractivity contribution in [2.24, 2.45) is 11.7 Å². The highest BCUT2D eigenvalue weighted by atomic mass is 16.1. The van der Waals surface area contributed by atoms with Crippen molar-refractivity contribution in [1.29, 1.82) is 5.26 Å². The summed E-state index contributed by atoms with van der Waals surface area (Å²) in [6.45, 7) is 9.41. The Kier molecular flexibility index (Phi) is 7.14. The molecule has 0 aromatic carbocycles. The highest BCUT2D eigenvalue weighted by Crippen LogP contribution is 2.18. The molecule has 0 spiro atoms. The molecule has 0 saturated heterocycles. The number of allylic oxidation sites excluding steroid dienone is 5. The number of nitriles is 1. The van der Waals surface area contributed by atoms with Crippen LogP contribution in [0.15, 0.2) is 47.6 Å². The lowest BCUT2D eigenvalue weighted by atomic mass is 9.97. The van der Waals surface area contributed by atoms with E-state index in [1.165, 1.54) is 6.08 Å². The molecule has 1 amide bonds. The van der Waals surface area contributed by atoms with Crippen LogP contribution in [0.3, 0.4) is 0 Å². The van der Waals surface area contributed by atoms with E-state index in [9.17, 15) is 4.79 Å². The molecule has 3 nitrogen and oxygen atoms in total. The molecule has 0 aliphatic rings. The second kappa shape index (κ2) is 8.08. The molecule has 1 unspecified atom stereocenters. The first-order valence-corrected chi connectivity index (χ1v) is 5.92. The summed E-state index contributed by atoms with van der Waals surface area (Å²) in [5.41, 5.74) is 6.84. The largest absolute Gasteiger partial charge is 0.366 e. The summed E-state index contributed by atoms with van der Waals surface area (Å²) in [7, 11) is 0. The number of rotatable bonds is 6. The van der Waals surface area contributed by atoms with Crippen molar-refractivity contribution < 1.29 is 4.79 Å². The molecule has 0 bridgehead atoms. The Morgan fingerprint density at radius 3 is 2.50 bits per heavy atom. The average Bonchev–Trinajstić information content (AvgIpc) is 2.35. The standard InChI is InChI=1S/C15H20N2O/c1-5-11(4)8-13(9-12(6-2)10-16)14(7-3)15(17)18/h6-9,11H,2,5H2,1,3-4H3,(H2,17,18)/b12-9+,13-8+,14-7+. The summed E-state index contributed by atoms with van der Waals surface area (Å²) < 4.78 is 0. The van der Waals surface area contributed by atoms with Crippen LogP contribution in [0.25, 0.3) is 0 Å². The van der Waals surface area contributed by atoms with Gasteiger partial charge in [-0.2, -0.15) is 5.26 Å². The second-order valence-corrected chi connectivity index (χ2v) is 3.99. The van der Waals surface area contributed by atoms with Gasteiger partial charge in [-0.3, -0.25) is 4.79 Å². The minimum Gasteiger partial charge on any atom is -0.366 e. The van der Waals surface area contributed by atoms with Gasteiger partial charge in [0.1, 0.15) is 0 Å². The molecular weight excluding hydrogens is 224 g/mol. The van der Waals surface area contributed by atoms with E-state index in [-0.39, 0.29) is 0 Å². The van der Waals surface area contributed by atoms with E-state index in [2.05, 4.69) is 13.5 Å².